The number of halogens is 2. The largest absolute Gasteiger partial charge is 0.317 e. The summed E-state index contributed by atoms with van der Waals surface area (Å²) in [6, 6.07) is 10.0. The van der Waals surface area contributed by atoms with Crippen molar-refractivity contribution in [2.24, 2.45) is 0 Å². The number of benzene rings is 1. The Labute approximate surface area is 212 Å². The van der Waals surface area contributed by atoms with Gasteiger partial charge in [-0.05, 0) is 93.6 Å². The third-order valence-corrected chi connectivity index (χ3v) is 7.99. The molecule has 1 saturated heterocycles. The highest BCUT2D eigenvalue weighted by Gasteiger charge is 2.28. The van der Waals surface area contributed by atoms with Gasteiger partial charge in [-0.25, -0.2) is 28.7 Å². The fourth-order valence-corrected chi connectivity index (χ4v) is 5.88. The van der Waals surface area contributed by atoms with Gasteiger partial charge in [0.05, 0.1) is 27.0 Å². The van der Waals surface area contributed by atoms with Crippen molar-refractivity contribution >= 4 is 23.1 Å². The second kappa shape index (κ2) is 9.63. The zero-order valence-electron chi connectivity index (χ0n) is 19.9. The average molecular weight is 505 g/mol. The van der Waals surface area contributed by atoms with Crippen molar-refractivity contribution in [2.45, 2.75) is 44.4 Å². The first-order chi connectivity index (χ1) is 17.5. The molecule has 0 radical (unpaired) electrons. The molecule has 2 aliphatic rings. The minimum atomic E-state index is -0.282. The van der Waals surface area contributed by atoms with E-state index in [9.17, 15) is 8.78 Å². The van der Waals surface area contributed by atoms with Gasteiger partial charge in [0.15, 0.2) is 0 Å². The molecule has 184 valence electrons. The molecule has 3 aromatic heterocycles. The molecule has 4 heterocycles. The van der Waals surface area contributed by atoms with E-state index in [1.807, 2.05) is 6.07 Å². The molecular weight excluding hydrogens is 478 g/mol. The van der Waals surface area contributed by atoms with Gasteiger partial charge in [-0.1, -0.05) is 0 Å². The van der Waals surface area contributed by atoms with E-state index in [1.54, 1.807) is 42.7 Å². The predicted octanol–water partition coefficient (Wildman–Crippen LogP) is 6.34. The molecule has 1 aromatic carbocycles. The SMILES string of the molecule is Cc1nc(Nc2nccc(-c3sc(C4CCNCC4)nc3-c3ccc(F)cc3)n2)cc(C2CC2)c1F. The minimum absolute atomic E-state index is 0.225. The molecular formula is C27H26F2N6S. The van der Waals surface area contributed by atoms with E-state index < -0.39 is 0 Å². The first-order valence-electron chi connectivity index (χ1n) is 12.3. The summed E-state index contributed by atoms with van der Waals surface area (Å²) in [6.45, 7) is 3.62. The van der Waals surface area contributed by atoms with E-state index in [1.165, 1.54) is 12.1 Å². The third-order valence-electron chi connectivity index (χ3n) is 6.75. The maximum atomic E-state index is 14.5. The Morgan fingerprint density at radius 3 is 2.47 bits per heavy atom. The van der Waals surface area contributed by atoms with Crippen molar-refractivity contribution < 1.29 is 8.78 Å². The highest BCUT2D eigenvalue weighted by Crippen LogP contribution is 2.43. The summed E-state index contributed by atoms with van der Waals surface area (Å²) in [4.78, 5) is 19.5. The van der Waals surface area contributed by atoms with E-state index >= 15 is 0 Å². The number of nitrogens with one attached hydrogen (secondary N) is 2. The van der Waals surface area contributed by atoms with Gasteiger partial charge in [0.1, 0.15) is 17.5 Å². The molecule has 0 spiro atoms. The molecule has 0 bridgehead atoms. The molecule has 2 fully saturated rings. The fourth-order valence-electron chi connectivity index (χ4n) is 4.65. The molecule has 0 unspecified atom stereocenters. The van der Waals surface area contributed by atoms with Crippen LogP contribution in [0.1, 0.15) is 53.8 Å². The number of hydrogen-bond acceptors (Lipinski definition) is 7. The van der Waals surface area contributed by atoms with Crippen LogP contribution in [0.25, 0.3) is 21.8 Å². The lowest BCUT2D eigenvalue weighted by molar-refractivity contribution is 0.459. The third kappa shape index (κ3) is 4.73. The Morgan fingerprint density at radius 2 is 1.72 bits per heavy atom. The van der Waals surface area contributed by atoms with Gasteiger partial charge in [0.2, 0.25) is 5.95 Å². The summed E-state index contributed by atoms with van der Waals surface area (Å²) in [6.07, 6.45) is 5.77. The second-order valence-electron chi connectivity index (χ2n) is 9.42. The lowest BCUT2D eigenvalue weighted by atomic mass is 9.99. The maximum absolute atomic E-state index is 14.5. The van der Waals surface area contributed by atoms with Crippen LogP contribution < -0.4 is 10.6 Å². The average Bonchev–Trinajstić information content (AvgIpc) is 3.65. The molecule has 6 nitrogen and oxygen atoms in total. The van der Waals surface area contributed by atoms with Crippen molar-refractivity contribution in [1.29, 1.82) is 0 Å². The minimum Gasteiger partial charge on any atom is -0.317 e. The summed E-state index contributed by atoms with van der Waals surface area (Å²) < 4.78 is 28.2. The van der Waals surface area contributed by atoms with Crippen LogP contribution in [-0.4, -0.2) is 33.0 Å². The van der Waals surface area contributed by atoms with Gasteiger partial charge < -0.3 is 10.6 Å². The Balaban J connectivity index is 1.36. The van der Waals surface area contributed by atoms with Crippen LogP contribution >= 0.6 is 11.3 Å². The van der Waals surface area contributed by atoms with Crippen LogP contribution in [0.5, 0.6) is 0 Å². The molecule has 0 amide bonds. The van der Waals surface area contributed by atoms with Gasteiger partial charge >= 0.3 is 0 Å². The number of aryl methyl sites for hydroxylation is 1. The van der Waals surface area contributed by atoms with Crippen LogP contribution in [0.4, 0.5) is 20.5 Å². The standard InChI is InChI=1S/C27H26F2N6S/c1-15-23(29)20(16-2-3-16)14-22(32-15)34-27-31-13-10-21(33-27)25-24(17-4-6-19(28)7-5-17)35-26(36-25)18-8-11-30-12-9-18/h4-7,10,13-14,16,18,30H,2-3,8-9,11-12H2,1H3,(H,31,32,33,34). The van der Waals surface area contributed by atoms with Crippen molar-refractivity contribution in [3.63, 3.8) is 0 Å². The van der Waals surface area contributed by atoms with Crippen LogP contribution in [0.15, 0.2) is 42.6 Å². The lowest BCUT2D eigenvalue weighted by Gasteiger charge is -2.20. The molecule has 1 aliphatic heterocycles. The number of piperidine rings is 1. The summed E-state index contributed by atoms with van der Waals surface area (Å²) in [5, 5.41) is 7.65. The van der Waals surface area contributed by atoms with Crippen LogP contribution in [-0.2, 0) is 0 Å². The number of aromatic nitrogens is 4. The van der Waals surface area contributed by atoms with Gasteiger partial charge in [-0.2, -0.15) is 0 Å². The van der Waals surface area contributed by atoms with E-state index in [-0.39, 0.29) is 17.6 Å². The Kier molecular flexibility index (Phi) is 6.18. The van der Waals surface area contributed by atoms with Crippen molar-refractivity contribution in [3.05, 3.63) is 70.5 Å². The summed E-state index contributed by atoms with van der Waals surface area (Å²) in [7, 11) is 0. The number of pyridine rings is 1. The smallest absolute Gasteiger partial charge is 0.228 e. The zero-order chi connectivity index (χ0) is 24.6. The van der Waals surface area contributed by atoms with Gasteiger partial charge in [0.25, 0.3) is 0 Å². The normalized spacial score (nSPS) is 16.3. The van der Waals surface area contributed by atoms with Crippen molar-refractivity contribution in [2.75, 3.05) is 18.4 Å². The first kappa shape index (κ1) is 23.1. The fraction of sp³-hybridized carbons (Fsp3) is 0.333. The van der Waals surface area contributed by atoms with Crippen molar-refractivity contribution in [1.82, 2.24) is 25.3 Å². The number of nitrogens with zero attached hydrogens (tertiary/aromatic N) is 4. The molecule has 2 N–H and O–H groups in total. The Hall–Kier alpha value is -3.30. The highest BCUT2D eigenvalue weighted by atomic mass is 32.1. The second-order valence-corrected chi connectivity index (χ2v) is 10.5. The van der Waals surface area contributed by atoms with Gasteiger partial charge in [-0.3, -0.25) is 0 Å². The van der Waals surface area contributed by atoms with Crippen LogP contribution in [0.2, 0.25) is 0 Å². The first-order valence-corrected chi connectivity index (χ1v) is 13.1. The highest BCUT2D eigenvalue weighted by molar-refractivity contribution is 7.15. The monoisotopic (exact) mass is 504 g/mol. The Morgan fingerprint density at radius 1 is 0.944 bits per heavy atom. The van der Waals surface area contributed by atoms with E-state index in [0.29, 0.717) is 28.9 Å². The summed E-state index contributed by atoms with van der Waals surface area (Å²) in [5.41, 5.74) is 3.44. The molecule has 1 saturated carbocycles. The van der Waals surface area contributed by atoms with Crippen LogP contribution in [0.3, 0.4) is 0 Å². The molecule has 1 aliphatic carbocycles. The number of thiazole rings is 1. The maximum Gasteiger partial charge on any atom is 0.228 e. The zero-order valence-corrected chi connectivity index (χ0v) is 20.7. The molecule has 0 atom stereocenters. The number of hydrogen-bond donors (Lipinski definition) is 2. The number of anilines is 2. The lowest BCUT2D eigenvalue weighted by Crippen LogP contribution is -2.26. The van der Waals surface area contributed by atoms with Crippen LogP contribution in [0, 0.1) is 18.6 Å². The Bertz CT molecular complexity index is 1390. The van der Waals surface area contributed by atoms with Gasteiger partial charge in [0, 0.05) is 17.7 Å². The van der Waals surface area contributed by atoms with Gasteiger partial charge in [-0.15, -0.1) is 11.3 Å². The number of rotatable bonds is 6. The molecule has 36 heavy (non-hydrogen) atoms. The topological polar surface area (TPSA) is 75.6 Å². The van der Waals surface area contributed by atoms with Crippen molar-refractivity contribution in [3.8, 4) is 21.8 Å². The molecule has 9 heteroatoms. The van der Waals surface area contributed by atoms with E-state index in [0.717, 1.165) is 65.6 Å². The summed E-state index contributed by atoms with van der Waals surface area (Å²) >= 11 is 1.64. The molecule has 4 aromatic rings. The predicted molar refractivity (Wildman–Crippen MR) is 138 cm³/mol. The van der Waals surface area contributed by atoms with E-state index in [4.69, 9.17) is 9.97 Å². The molecule has 6 rings (SSSR count). The quantitative estimate of drug-likeness (QED) is 0.319. The van der Waals surface area contributed by atoms with E-state index in [2.05, 4.69) is 20.6 Å². The summed E-state index contributed by atoms with van der Waals surface area (Å²) in [5.74, 6) is 1.06.